The fourth-order valence-electron chi connectivity index (χ4n) is 0.811. The van der Waals surface area contributed by atoms with Gasteiger partial charge in [0.2, 0.25) is 0 Å². The van der Waals surface area contributed by atoms with Crippen molar-refractivity contribution in [2.24, 2.45) is 0 Å². The van der Waals surface area contributed by atoms with Crippen molar-refractivity contribution in [1.29, 1.82) is 0 Å². The largest absolute Gasteiger partial charge is 0.288 e. The summed E-state index contributed by atoms with van der Waals surface area (Å²) in [5, 5.41) is 0. The highest BCUT2D eigenvalue weighted by atomic mass is 19.1. The smallest absolute Gasteiger partial charge is 0.262 e. The molecule has 11 heavy (non-hydrogen) atoms. The van der Waals surface area contributed by atoms with Crippen LogP contribution in [-0.4, -0.2) is 17.5 Å². The number of rotatable bonds is 3. The minimum absolute atomic E-state index is 0.486. The van der Waals surface area contributed by atoms with Gasteiger partial charge in [0.1, 0.15) is 0 Å². The molecule has 0 atom stereocenters. The minimum atomic E-state index is -1.01. The molecule has 0 N–H and O–H groups in total. The lowest BCUT2D eigenvalue weighted by Crippen LogP contribution is -2.27. The molecule has 0 bridgehead atoms. The molecule has 0 aromatic carbocycles. The summed E-state index contributed by atoms with van der Waals surface area (Å²) < 4.78 is 11.9. The molecule has 0 rings (SSSR count). The molecule has 3 heteroatoms. The Labute approximate surface area is 66.0 Å². The van der Waals surface area contributed by atoms with Crippen molar-refractivity contribution < 1.29 is 9.18 Å². The van der Waals surface area contributed by atoms with Crippen LogP contribution >= 0.6 is 0 Å². The Kier molecular flexibility index (Phi) is 3.51. The molecule has 1 amide bonds. The van der Waals surface area contributed by atoms with E-state index in [0.29, 0.717) is 11.4 Å². The summed E-state index contributed by atoms with van der Waals surface area (Å²) in [6.45, 7) is 9.29. The van der Waals surface area contributed by atoms with E-state index in [2.05, 4.69) is 13.2 Å². The lowest BCUT2D eigenvalue weighted by atomic mass is 10.3. The van der Waals surface area contributed by atoms with Gasteiger partial charge in [-0.3, -0.25) is 9.69 Å². The Hall–Kier alpha value is -1.12. The van der Waals surface area contributed by atoms with Crippen molar-refractivity contribution in [1.82, 2.24) is 4.90 Å². The first-order valence-electron chi connectivity index (χ1n) is 3.20. The second kappa shape index (κ2) is 3.91. The summed E-state index contributed by atoms with van der Waals surface area (Å²) in [6.07, 6.45) is 0. The molecule has 0 radical (unpaired) electrons. The molecule has 0 aliphatic heterocycles. The fraction of sp³-hybridized carbons (Fsp3) is 0.375. The van der Waals surface area contributed by atoms with Crippen molar-refractivity contribution in [3.63, 3.8) is 0 Å². The second-order valence-electron chi connectivity index (χ2n) is 2.33. The van der Waals surface area contributed by atoms with Gasteiger partial charge in [0.05, 0.1) is 0 Å². The van der Waals surface area contributed by atoms with E-state index in [1.807, 2.05) is 0 Å². The predicted octanol–water partition coefficient (Wildman–Crippen LogP) is 1.85. The number of amides is 1. The third kappa shape index (κ3) is 2.53. The maximum Gasteiger partial charge on any atom is 0.262 e. The molecule has 62 valence electrons. The molecule has 0 aromatic heterocycles. The summed E-state index contributed by atoms with van der Waals surface area (Å²) in [4.78, 5) is 12.0. The molecule has 0 fully saturated rings. The topological polar surface area (TPSA) is 20.3 Å². The average molecular weight is 157 g/mol. The second-order valence-corrected chi connectivity index (χ2v) is 2.33. The lowest BCUT2D eigenvalue weighted by Gasteiger charge is -2.20. The van der Waals surface area contributed by atoms with E-state index in [-0.39, 0.29) is 0 Å². The van der Waals surface area contributed by atoms with Gasteiger partial charge in [-0.25, -0.2) is 4.39 Å². The Bertz CT molecular complexity index is 184. The molecule has 0 heterocycles. The summed E-state index contributed by atoms with van der Waals surface area (Å²) in [7, 11) is 0. The van der Waals surface area contributed by atoms with Crippen LogP contribution in [0.5, 0.6) is 0 Å². The zero-order chi connectivity index (χ0) is 9.02. The van der Waals surface area contributed by atoms with E-state index >= 15 is 0 Å². The Morgan fingerprint density at radius 3 is 1.82 bits per heavy atom. The van der Waals surface area contributed by atoms with Crippen LogP contribution in [0.4, 0.5) is 4.39 Å². The van der Waals surface area contributed by atoms with Crippen LogP contribution in [-0.2, 0) is 4.79 Å². The van der Waals surface area contributed by atoms with E-state index in [9.17, 15) is 9.18 Å². The van der Waals surface area contributed by atoms with Crippen LogP contribution in [0.2, 0.25) is 0 Å². The summed E-state index contributed by atoms with van der Waals surface area (Å²) in [5.41, 5.74) is 0.973. The summed E-state index contributed by atoms with van der Waals surface area (Å²) >= 11 is 0. The number of hydrogen-bond acceptors (Lipinski definition) is 1. The SMILES string of the molecule is C=C(C)N(C(=C)C)C(=O)CF. The van der Waals surface area contributed by atoms with E-state index < -0.39 is 12.6 Å². The third-order valence-corrected chi connectivity index (χ3v) is 1.13. The number of carbonyl (C=O) groups excluding carboxylic acids is 1. The van der Waals surface area contributed by atoms with E-state index in [4.69, 9.17) is 0 Å². The highest BCUT2D eigenvalue weighted by Crippen LogP contribution is 2.08. The van der Waals surface area contributed by atoms with Crippen molar-refractivity contribution in [3.8, 4) is 0 Å². The zero-order valence-corrected chi connectivity index (χ0v) is 6.85. The quantitative estimate of drug-likeness (QED) is 0.612. The van der Waals surface area contributed by atoms with Gasteiger partial charge in [0.25, 0.3) is 5.91 Å². The average Bonchev–Trinajstić information content (AvgIpc) is 1.85. The van der Waals surface area contributed by atoms with Crippen molar-refractivity contribution in [2.45, 2.75) is 13.8 Å². The molecule has 0 saturated carbocycles. The molecular weight excluding hydrogens is 145 g/mol. The van der Waals surface area contributed by atoms with E-state index in [0.717, 1.165) is 4.90 Å². The summed E-state index contributed by atoms with van der Waals surface area (Å²) in [6, 6.07) is 0. The van der Waals surface area contributed by atoms with Crippen molar-refractivity contribution in [3.05, 3.63) is 24.6 Å². The molecule has 0 spiro atoms. The molecule has 0 saturated heterocycles. The highest BCUT2D eigenvalue weighted by Gasteiger charge is 2.13. The monoisotopic (exact) mass is 157 g/mol. The normalized spacial score (nSPS) is 9.00. The van der Waals surface area contributed by atoms with E-state index in [1.54, 1.807) is 13.8 Å². The first-order valence-corrected chi connectivity index (χ1v) is 3.20. The Morgan fingerprint density at radius 1 is 1.36 bits per heavy atom. The maximum atomic E-state index is 11.9. The van der Waals surface area contributed by atoms with Gasteiger partial charge >= 0.3 is 0 Å². The van der Waals surface area contributed by atoms with Crippen LogP contribution in [0.25, 0.3) is 0 Å². The van der Waals surface area contributed by atoms with Gasteiger partial charge < -0.3 is 0 Å². The van der Waals surface area contributed by atoms with Crippen LogP contribution in [0.3, 0.4) is 0 Å². The number of halogens is 1. The van der Waals surface area contributed by atoms with Gasteiger partial charge in [-0.2, -0.15) is 0 Å². The van der Waals surface area contributed by atoms with Crippen molar-refractivity contribution in [2.75, 3.05) is 6.67 Å². The first-order chi connectivity index (χ1) is 5.00. The molecule has 0 aliphatic rings. The maximum absolute atomic E-state index is 11.9. The van der Waals surface area contributed by atoms with Gasteiger partial charge in [0, 0.05) is 11.4 Å². The van der Waals surface area contributed by atoms with Crippen LogP contribution in [0.15, 0.2) is 24.6 Å². The van der Waals surface area contributed by atoms with Gasteiger partial charge in [-0.15, -0.1) is 0 Å². The predicted molar refractivity (Wildman–Crippen MR) is 42.4 cm³/mol. The Balaban J connectivity index is 4.47. The van der Waals surface area contributed by atoms with Crippen LogP contribution < -0.4 is 0 Å². The molecule has 0 aromatic rings. The van der Waals surface area contributed by atoms with Crippen LogP contribution in [0, 0.1) is 0 Å². The van der Waals surface area contributed by atoms with Gasteiger partial charge in [-0.1, -0.05) is 13.2 Å². The number of hydrogen-bond donors (Lipinski definition) is 0. The van der Waals surface area contributed by atoms with Gasteiger partial charge in [-0.05, 0) is 13.8 Å². The number of allylic oxidation sites excluding steroid dienone is 2. The first kappa shape index (κ1) is 9.88. The Morgan fingerprint density at radius 2 is 1.73 bits per heavy atom. The molecule has 2 nitrogen and oxygen atoms in total. The van der Waals surface area contributed by atoms with Crippen LogP contribution in [0.1, 0.15) is 13.8 Å². The molecular formula is C8H12FNO. The lowest BCUT2D eigenvalue weighted by molar-refractivity contribution is -0.128. The third-order valence-electron chi connectivity index (χ3n) is 1.13. The van der Waals surface area contributed by atoms with Gasteiger partial charge in [0.15, 0.2) is 6.67 Å². The highest BCUT2D eigenvalue weighted by molar-refractivity contribution is 5.80. The number of carbonyl (C=O) groups is 1. The van der Waals surface area contributed by atoms with Crippen molar-refractivity contribution >= 4 is 5.91 Å². The number of alkyl halides is 1. The zero-order valence-electron chi connectivity index (χ0n) is 6.85. The van der Waals surface area contributed by atoms with E-state index in [1.165, 1.54) is 0 Å². The summed E-state index contributed by atoms with van der Waals surface area (Å²) in [5.74, 6) is -0.620. The molecule has 0 aliphatic carbocycles. The fourth-order valence-corrected chi connectivity index (χ4v) is 0.811. The minimum Gasteiger partial charge on any atom is -0.288 e. The molecule has 0 unspecified atom stereocenters. The number of nitrogens with zero attached hydrogens (tertiary/aromatic N) is 1. The standard InChI is InChI=1S/C8H12FNO/c1-6(2)10(7(3)4)8(11)5-9/h1,3,5H2,2,4H3.